The molecule has 0 radical (unpaired) electrons. The zero-order valence-corrected chi connectivity index (χ0v) is 14.1. The van der Waals surface area contributed by atoms with E-state index in [1.807, 2.05) is 17.0 Å². The molecule has 0 saturated carbocycles. The van der Waals surface area contributed by atoms with E-state index in [9.17, 15) is 9.59 Å². The van der Waals surface area contributed by atoms with Crippen molar-refractivity contribution in [2.75, 3.05) is 25.4 Å². The van der Waals surface area contributed by atoms with E-state index in [-0.39, 0.29) is 11.8 Å². The highest BCUT2D eigenvalue weighted by atomic mass is 16.2. The van der Waals surface area contributed by atoms with Gasteiger partial charge in [0.25, 0.3) is 5.91 Å². The van der Waals surface area contributed by atoms with Crippen LogP contribution in [0, 0.1) is 0 Å². The molecule has 3 rings (SSSR count). The molecular weight excluding hydrogens is 316 g/mol. The number of rotatable bonds is 6. The minimum absolute atomic E-state index is 0.113. The molecule has 1 fully saturated rings. The minimum Gasteiger partial charge on any atom is -0.398 e. The van der Waals surface area contributed by atoms with Crippen molar-refractivity contribution in [2.45, 2.75) is 19.3 Å². The van der Waals surface area contributed by atoms with Crippen LogP contribution in [-0.2, 0) is 4.79 Å². The number of aromatic nitrogens is 1. The lowest BCUT2D eigenvalue weighted by Gasteiger charge is -2.15. The van der Waals surface area contributed by atoms with Gasteiger partial charge in [-0.25, -0.2) is 0 Å². The lowest BCUT2D eigenvalue weighted by atomic mass is 10.0. The molecule has 0 aliphatic carbocycles. The first-order chi connectivity index (χ1) is 12.1. The third-order valence-corrected chi connectivity index (χ3v) is 4.37. The van der Waals surface area contributed by atoms with Crippen LogP contribution in [0.25, 0.3) is 11.1 Å². The maximum absolute atomic E-state index is 12.2. The molecule has 1 aliphatic heterocycles. The average molecular weight is 338 g/mol. The van der Waals surface area contributed by atoms with Crippen molar-refractivity contribution in [1.29, 1.82) is 0 Å². The number of nitrogens with one attached hydrogen (secondary N) is 1. The van der Waals surface area contributed by atoms with Crippen molar-refractivity contribution in [3.05, 3.63) is 48.3 Å². The number of carbonyl (C=O) groups excluding carboxylic acids is 2. The van der Waals surface area contributed by atoms with Gasteiger partial charge in [0.2, 0.25) is 5.91 Å². The summed E-state index contributed by atoms with van der Waals surface area (Å²) < 4.78 is 0. The Labute approximate surface area is 147 Å². The van der Waals surface area contributed by atoms with Crippen LogP contribution in [0.3, 0.4) is 0 Å². The molecule has 6 nitrogen and oxygen atoms in total. The number of pyridine rings is 1. The highest BCUT2D eigenvalue weighted by Gasteiger charge is 2.19. The number of likely N-dealkylation sites (tertiary alicyclic amines) is 1. The van der Waals surface area contributed by atoms with E-state index in [1.165, 1.54) is 0 Å². The van der Waals surface area contributed by atoms with E-state index < -0.39 is 0 Å². The van der Waals surface area contributed by atoms with Crippen molar-refractivity contribution in [1.82, 2.24) is 15.2 Å². The Morgan fingerprint density at radius 1 is 1.24 bits per heavy atom. The molecule has 1 aromatic carbocycles. The second kappa shape index (κ2) is 7.79. The van der Waals surface area contributed by atoms with Crippen LogP contribution in [0.4, 0.5) is 5.69 Å². The molecule has 2 aromatic rings. The van der Waals surface area contributed by atoms with Crippen LogP contribution in [0.15, 0.2) is 42.7 Å². The van der Waals surface area contributed by atoms with Gasteiger partial charge in [-0.1, -0.05) is 12.1 Å². The van der Waals surface area contributed by atoms with Gasteiger partial charge in [-0.05, 0) is 36.6 Å². The lowest BCUT2D eigenvalue weighted by Crippen LogP contribution is -2.30. The Kier molecular flexibility index (Phi) is 5.28. The molecule has 2 amide bonds. The Morgan fingerprint density at radius 3 is 2.72 bits per heavy atom. The second-order valence-electron chi connectivity index (χ2n) is 6.13. The molecule has 1 saturated heterocycles. The number of carbonyl (C=O) groups is 2. The molecular formula is C19H22N4O2. The fraction of sp³-hybridized carbons (Fsp3) is 0.316. The molecule has 0 atom stereocenters. The summed E-state index contributed by atoms with van der Waals surface area (Å²) in [6, 6.07) is 9.04. The van der Waals surface area contributed by atoms with E-state index in [0.717, 1.165) is 30.5 Å². The maximum atomic E-state index is 12.2. The lowest BCUT2D eigenvalue weighted by molar-refractivity contribution is -0.127. The number of amides is 2. The number of nitrogens with two attached hydrogens (primary N) is 1. The highest BCUT2D eigenvalue weighted by Crippen LogP contribution is 2.24. The number of nitrogen functional groups attached to an aromatic ring is 1. The first-order valence-corrected chi connectivity index (χ1v) is 8.51. The van der Waals surface area contributed by atoms with Crippen LogP contribution in [-0.4, -0.2) is 41.3 Å². The Hall–Kier alpha value is -2.89. The van der Waals surface area contributed by atoms with E-state index in [2.05, 4.69) is 10.3 Å². The summed E-state index contributed by atoms with van der Waals surface area (Å²) in [5, 5.41) is 2.89. The van der Waals surface area contributed by atoms with Crippen molar-refractivity contribution in [2.24, 2.45) is 0 Å². The Bertz CT molecular complexity index is 758. The van der Waals surface area contributed by atoms with Gasteiger partial charge in [0.15, 0.2) is 0 Å². The predicted octanol–water partition coefficient (Wildman–Crippen LogP) is 2.07. The zero-order valence-electron chi connectivity index (χ0n) is 14.1. The molecule has 6 heteroatoms. The summed E-state index contributed by atoms with van der Waals surface area (Å²) in [4.78, 5) is 29.7. The monoisotopic (exact) mass is 338 g/mol. The summed E-state index contributed by atoms with van der Waals surface area (Å²) >= 11 is 0. The molecule has 2 heterocycles. The fourth-order valence-corrected chi connectivity index (χ4v) is 2.96. The van der Waals surface area contributed by atoms with Gasteiger partial charge >= 0.3 is 0 Å². The van der Waals surface area contributed by atoms with Crippen molar-refractivity contribution in [3.8, 4) is 11.1 Å². The first kappa shape index (κ1) is 17.0. The highest BCUT2D eigenvalue weighted by molar-refractivity contribution is 5.94. The summed E-state index contributed by atoms with van der Waals surface area (Å²) in [5.74, 6) is 0.107. The number of anilines is 1. The van der Waals surface area contributed by atoms with Crippen LogP contribution in [0.1, 0.15) is 29.6 Å². The standard InChI is InChI=1S/C19H22N4O2/c20-17-8-10-21-13-16(17)14-4-6-15(7-5-14)19(25)22-9-2-12-23-11-1-3-18(23)24/h4-8,10,13H,1-3,9,11-12H2,(H2,20,21)(H,22,25). The normalized spacial score (nSPS) is 13.9. The Balaban J connectivity index is 1.51. The zero-order chi connectivity index (χ0) is 17.6. The van der Waals surface area contributed by atoms with Crippen LogP contribution < -0.4 is 11.1 Å². The van der Waals surface area contributed by atoms with Gasteiger partial charge in [0.05, 0.1) is 0 Å². The second-order valence-corrected chi connectivity index (χ2v) is 6.13. The average Bonchev–Trinajstić information content (AvgIpc) is 3.04. The van der Waals surface area contributed by atoms with Gasteiger partial charge < -0.3 is 16.0 Å². The third-order valence-electron chi connectivity index (χ3n) is 4.37. The molecule has 0 unspecified atom stereocenters. The molecule has 1 aliphatic rings. The molecule has 0 spiro atoms. The number of hydrogen-bond acceptors (Lipinski definition) is 4. The summed E-state index contributed by atoms with van der Waals surface area (Å²) in [6.45, 7) is 2.10. The molecule has 3 N–H and O–H groups in total. The van der Waals surface area contributed by atoms with Gasteiger partial charge in [0.1, 0.15) is 0 Å². The fourth-order valence-electron chi connectivity index (χ4n) is 2.96. The van der Waals surface area contributed by atoms with E-state index >= 15 is 0 Å². The molecule has 0 bridgehead atoms. The quantitative estimate of drug-likeness (QED) is 0.789. The van der Waals surface area contributed by atoms with Gasteiger partial charge in [-0.15, -0.1) is 0 Å². The van der Waals surface area contributed by atoms with E-state index in [1.54, 1.807) is 30.6 Å². The Morgan fingerprint density at radius 2 is 2.04 bits per heavy atom. The minimum atomic E-state index is -0.113. The van der Waals surface area contributed by atoms with E-state index in [0.29, 0.717) is 30.8 Å². The number of hydrogen-bond donors (Lipinski definition) is 2. The molecule has 1 aromatic heterocycles. The summed E-state index contributed by atoms with van der Waals surface area (Å²) in [7, 11) is 0. The third kappa shape index (κ3) is 4.15. The van der Waals surface area contributed by atoms with Crippen molar-refractivity contribution >= 4 is 17.5 Å². The topological polar surface area (TPSA) is 88.3 Å². The SMILES string of the molecule is Nc1ccncc1-c1ccc(C(=O)NCCCN2CCCC2=O)cc1. The smallest absolute Gasteiger partial charge is 0.251 e. The molecule has 25 heavy (non-hydrogen) atoms. The number of benzene rings is 1. The van der Waals surface area contributed by atoms with Crippen LogP contribution >= 0.6 is 0 Å². The number of nitrogens with zero attached hydrogens (tertiary/aromatic N) is 2. The van der Waals surface area contributed by atoms with Crippen LogP contribution in [0.5, 0.6) is 0 Å². The summed E-state index contributed by atoms with van der Waals surface area (Å²) in [5.41, 5.74) is 8.98. The largest absolute Gasteiger partial charge is 0.398 e. The first-order valence-electron chi connectivity index (χ1n) is 8.51. The van der Waals surface area contributed by atoms with Crippen molar-refractivity contribution < 1.29 is 9.59 Å². The van der Waals surface area contributed by atoms with Gasteiger partial charge in [-0.2, -0.15) is 0 Å². The maximum Gasteiger partial charge on any atom is 0.251 e. The van der Waals surface area contributed by atoms with Crippen molar-refractivity contribution in [3.63, 3.8) is 0 Å². The van der Waals surface area contributed by atoms with Crippen LogP contribution in [0.2, 0.25) is 0 Å². The molecule has 130 valence electrons. The summed E-state index contributed by atoms with van der Waals surface area (Å²) in [6.07, 6.45) is 5.72. The predicted molar refractivity (Wildman–Crippen MR) is 96.8 cm³/mol. The van der Waals surface area contributed by atoms with E-state index in [4.69, 9.17) is 5.73 Å². The van der Waals surface area contributed by atoms with Gasteiger partial charge in [0, 0.05) is 55.3 Å². The van der Waals surface area contributed by atoms with Gasteiger partial charge in [-0.3, -0.25) is 14.6 Å².